The minimum absolute atomic E-state index is 0.183. The fourth-order valence-corrected chi connectivity index (χ4v) is 5.23. The van der Waals surface area contributed by atoms with E-state index >= 15 is 0 Å². The molecule has 9 heteroatoms. The Bertz CT molecular complexity index is 1150. The summed E-state index contributed by atoms with van der Waals surface area (Å²) in [4.78, 5) is 4.63. The monoisotopic (exact) mass is 536 g/mol. The molecule has 0 unspecified atom stereocenters. The van der Waals surface area contributed by atoms with Crippen molar-refractivity contribution in [2.75, 3.05) is 24.6 Å². The Labute approximate surface area is 205 Å². The molecule has 2 aromatic carbocycles. The lowest BCUT2D eigenvalue weighted by molar-refractivity contribution is -0.274. The van der Waals surface area contributed by atoms with Gasteiger partial charge in [0.1, 0.15) is 11.6 Å². The van der Waals surface area contributed by atoms with Crippen LogP contribution in [-0.2, 0) is 6.54 Å². The number of hydrogen-bond acceptors (Lipinski definition) is 5. The number of nitrogens with zero attached hydrogens (tertiary/aromatic N) is 1. The molecule has 0 radical (unpaired) electrons. The van der Waals surface area contributed by atoms with E-state index in [0.717, 1.165) is 54.4 Å². The summed E-state index contributed by atoms with van der Waals surface area (Å²) in [6.07, 6.45) is -0.712. The number of nitrogen functional groups attached to an aromatic ring is 1. The van der Waals surface area contributed by atoms with Gasteiger partial charge in [-0.2, -0.15) is 0 Å². The van der Waals surface area contributed by atoms with Crippen LogP contribution >= 0.6 is 15.9 Å². The molecule has 0 bridgehead atoms. The molecule has 34 heavy (non-hydrogen) atoms. The highest BCUT2D eigenvalue weighted by Gasteiger charge is 2.32. The highest BCUT2D eigenvalue weighted by atomic mass is 79.9. The van der Waals surface area contributed by atoms with E-state index in [1.54, 1.807) is 12.1 Å². The lowest BCUT2D eigenvalue weighted by Gasteiger charge is -2.31. The van der Waals surface area contributed by atoms with Gasteiger partial charge in [0.25, 0.3) is 0 Å². The fourth-order valence-electron chi connectivity index (χ4n) is 4.89. The summed E-state index contributed by atoms with van der Waals surface area (Å²) in [5.41, 5.74) is 9.89. The Hall–Kier alpha value is -2.52. The van der Waals surface area contributed by atoms with Crippen molar-refractivity contribution in [3.63, 3.8) is 0 Å². The van der Waals surface area contributed by atoms with Crippen LogP contribution in [0.4, 0.5) is 24.7 Å². The van der Waals surface area contributed by atoms with Crippen molar-refractivity contribution in [3.8, 4) is 5.75 Å². The first kappa shape index (κ1) is 24.6. The van der Waals surface area contributed by atoms with Gasteiger partial charge in [-0.05, 0) is 62.3 Å². The number of fused-ring (bicyclic) bond motifs is 1. The molecule has 4 rings (SSSR count). The first-order valence-electron chi connectivity index (χ1n) is 11.4. The lowest BCUT2D eigenvalue weighted by atomic mass is 9.78. The van der Waals surface area contributed by atoms with Crippen LogP contribution in [0.5, 0.6) is 5.75 Å². The summed E-state index contributed by atoms with van der Waals surface area (Å²) >= 11 is 3.20. The molecule has 4 N–H and O–H groups in total. The second-order valence-corrected chi connectivity index (χ2v) is 9.62. The van der Waals surface area contributed by atoms with E-state index in [0.29, 0.717) is 34.2 Å². The van der Waals surface area contributed by atoms with E-state index in [9.17, 15) is 13.2 Å². The Morgan fingerprint density at radius 1 is 1.12 bits per heavy atom. The smallest absolute Gasteiger partial charge is 0.405 e. The maximum atomic E-state index is 12.7. The van der Waals surface area contributed by atoms with Gasteiger partial charge in [0.05, 0.1) is 11.2 Å². The second-order valence-electron chi connectivity index (χ2n) is 8.70. The third kappa shape index (κ3) is 5.75. The van der Waals surface area contributed by atoms with Gasteiger partial charge in [-0.3, -0.25) is 0 Å². The van der Waals surface area contributed by atoms with Gasteiger partial charge in [0, 0.05) is 34.6 Å². The molecular formula is C25H28BrF3N4O. The van der Waals surface area contributed by atoms with Gasteiger partial charge in [-0.1, -0.05) is 40.2 Å². The molecule has 1 aliphatic rings. The minimum atomic E-state index is -4.72. The molecule has 5 nitrogen and oxygen atoms in total. The molecular weight excluding hydrogens is 509 g/mol. The van der Waals surface area contributed by atoms with Crippen LogP contribution in [0.2, 0.25) is 0 Å². The largest absolute Gasteiger partial charge is 0.573 e. The molecule has 3 aromatic rings. The van der Waals surface area contributed by atoms with Gasteiger partial charge in [-0.15, -0.1) is 13.2 Å². The number of hydrogen-bond donors (Lipinski definition) is 3. The Balaban J connectivity index is 1.37. The molecule has 0 amide bonds. The molecule has 1 aromatic heterocycles. The number of aromatic nitrogens is 1. The van der Waals surface area contributed by atoms with Crippen LogP contribution in [0.15, 0.2) is 46.9 Å². The van der Waals surface area contributed by atoms with E-state index in [1.165, 1.54) is 6.07 Å². The zero-order chi connectivity index (χ0) is 24.3. The first-order chi connectivity index (χ1) is 16.2. The maximum absolute atomic E-state index is 12.7. The number of ether oxygens (including phenoxy) is 1. The zero-order valence-electron chi connectivity index (χ0n) is 18.9. The number of para-hydroxylation sites is 1. The number of rotatable bonds is 7. The van der Waals surface area contributed by atoms with E-state index in [2.05, 4.69) is 42.4 Å². The maximum Gasteiger partial charge on any atom is 0.573 e. The van der Waals surface area contributed by atoms with Crippen molar-refractivity contribution in [3.05, 3.63) is 58.1 Å². The average Bonchev–Trinajstić information content (AvgIpc) is 2.79. The number of alkyl halides is 3. The second kappa shape index (κ2) is 10.4. The molecule has 1 aliphatic carbocycles. The van der Waals surface area contributed by atoms with Crippen molar-refractivity contribution in [1.82, 2.24) is 10.3 Å². The van der Waals surface area contributed by atoms with Crippen LogP contribution < -0.4 is 21.1 Å². The predicted octanol–water partition coefficient (Wildman–Crippen LogP) is 6.58. The number of anilines is 2. The van der Waals surface area contributed by atoms with E-state index in [1.807, 2.05) is 25.2 Å². The lowest BCUT2D eigenvalue weighted by Crippen LogP contribution is -2.27. The van der Waals surface area contributed by atoms with Crippen molar-refractivity contribution in [1.29, 1.82) is 0 Å². The summed E-state index contributed by atoms with van der Waals surface area (Å²) in [7, 11) is 1.92. The van der Waals surface area contributed by atoms with Crippen molar-refractivity contribution in [2.45, 2.75) is 44.5 Å². The topological polar surface area (TPSA) is 72.2 Å². The molecule has 1 fully saturated rings. The quantitative estimate of drug-likeness (QED) is 0.318. The van der Waals surface area contributed by atoms with Crippen LogP contribution in [0.3, 0.4) is 0 Å². The number of halogens is 4. The Morgan fingerprint density at radius 3 is 2.56 bits per heavy atom. The van der Waals surface area contributed by atoms with Crippen molar-refractivity contribution < 1.29 is 17.9 Å². The number of nitrogens with two attached hydrogens (primary N) is 1. The Morgan fingerprint density at radius 2 is 1.85 bits per heavy atom. The summed E-state index contributed by atoms with van der Waals surface area (Å²) < 4.78 is 42.9. The molecule has 1 saturated carbocycles. The zero-order valence-corrected chi connectivity index (χ0v) is 20.5. The van der Waals surface area contributed by atoms with Crippen LogP contribution in [0.1, 0.15) is 42.7 Å². The fraction of sp³-hybridized carbons (Fsp3) is 0.400. The van der Waals surface area contributed by atoms with Gasteiger partial charge >= 0.3 is 6.36 Å². The Kier molecular flexibility index (Phi) is 7.52. The number of nitrogens with one attached hydrogen (secondary N) is 2. The molecule has 0 saturated heterocycles. The molecule has 0 atom stereocenters. The van der Waals surface area contributed by atoms with Gasteiger partial charge in [0.2, 0.25) is 0 Å². The predicted molar refractivity (Wildman–Crippen MR) is 133 cm³/mol. The van der Waals surface area contributed by atoms with E-state index < -0.39 is 6.36 Å². The third-order valence-electron chi connectivity index (χ3n) is 6.47. The third-order valence-corrected chi connectivity index (χ3v) is 6.96. The normalized spacial score (nSPS) is 18.7. The van der Waals surface area contributed by atoms with Crippen molar-refractivity contribution >= 4 is 38.3 Å². The summed E-state index contributed by atoms with van der Waals surface area (Å²) in [6, 6.07) is 12.7. The summed E-state index contributed by atoms with van der Waals surface area (Å²) in [5, 5.41) is 7.73. The minimum Gasteiger partial charge on any atom is -0.405 e. The van der Waals surface area contributed by atoms with Gasteiger partial charge in [0.15, 0.2) is 0 Å². The highest BCUT2D eigenvalue weighted by molar-refractivity contribution is 9.10. The van der Waals surface area contributed by atoms with Crippen LogP contribution in [0.25, 0.3) is 10.9 Å². The van der Waals surface area contributed by atoms with Gasteiger partial charge < -0.3 is 21.1 Å². The average molecular weight is 537 g/mol. The number of pyridine rings is 1. The van der Waals surface area contributed by atoms with Crippen molar-refractivity contribution in [2.24, 2.45) is 5.92 Å². The first-order valence-corrected chi connectivity index (χ1v) is 12.1. The molecule has 1 heterocycles. The molecule has 0 aliphatic heterocycles. The van der Waals surface area contributed by atoms with Crippen LogP contribution in [0, 0.1) is 5.92 Å². The standard InChI is InChI=1S/C25H28BrF3N4O/c1-31-23-19-4-2-3-5-20(19)33-24(30)22(23)16-8-6-15(7-9-16)13-32-14-17-10-11-18(26)12-21(17)34-25(27,28)29/h2-5,10-12,15-16,32H,6-9,13-14H2,1H3,(H3,30,31,33)/t15-,16+. The summed E-state index contributed by atoms with van der Waals surface area (Å²) in [5.74, 6) is 1.18. The van der Waals surface area contributed by atoms with Crippen LogP contribution in [-0.4, -0.2) is 24.9 Å². The number of benzene rings is 2. The SMILES string of the molecule is CNc1c2ccccc2nc(N)c1[C@H]1CC[C@@H](CNCc2ccc(Br)cc2OC(F)(F)F)CC1. The van der Waals surface area contributed by atoms with E-state index in [-0.39, 0.29) is 5.75 Å². The molecule has 182 valence electrons. The summed E-state index contributed by atoms with van der Waals surface area (Å²) in [6.45, 7) is 1.04. The van der Waals surface area contributed by atoms with E-state index in [4.69, 9.17) is 5.73 Å². The van der Waals surface area contributed by atoms with Gasteiger partial charge in [-0.25, -0.2) is 4.98 Å². The molecule has 0 spiro atoms. The highest BCUT2D eigenvalue weighted by Crippen LogP contribution is 2.43.